The fourth-order valence-corrected chi connectivity index (χ4v) is 4.67. The highest BCUT2D eigenvalue weighted by atomic mass is 19.1. The van der Waals surface area contributed by atoms with E-state index < -0.39 is 11.6 Å². The summed E-state index contributed by atoms with van der Waals surface area (Å²) in [6, 6.07) is 3.26. The number of carbonyl (C=O) groups excluding carboxylic acids is 1. The Hall–Kier alpha value is -3.34. The first-order chi connectivity index (χ1) is 16.4. The lowest BCUT2D eigenvalue weighted by molar-refractivity contribution is -0.111. The Morgan fingerprint density at radius 1 is 1.18 bits per heavy atom. The summed E-state index contributed by atoms with van der Waals surface area (Å²) in [6.45, 7) is 3.78. The van der Waals surface area contributed by atoms with Gasteiger partial charge in [-0.1, -0.05) is 0 Å². The van der Waals surface area contributed by atoms with Crippen LogP contribution in [0.4, 0.5) is 13.6 Å². The highest BCUT2D eigenvalue weighted by molar-refractivity contribution is 5.81. The van der Waals surface area contributed by atoms with Crippen molar-refractivity contribution in [3.63, 3.8) is 0 Å². The predicted octanol–water partition coefficient (Wildman–Crippen LogP) is 3.11. The van der Waals surface area contributed by atoms with Crippen molar-refractivity contribution in [3.05, 3.63) is 42.4 Å². The Morgan fingerprint density at radius 3 is 2.65 bits per heavy atom. The molecule has 2 aliphatic heterocycles. The third-order valence-electron chi connectivity index (χ3n) is 6.76. The van der Waals surface area contributed by atoms with Crippen molar-refractivity contribution < 1.29 is 27.8 Å². The van der Waals surface area contributed by atoms with Crippen LogP contribution in [0.25, 0.3) is 16.7 Å². The second kappa shape index (κ2) is 7.86. The zero-order valence-corrected chi connectivity index (χ0v) is 18.5. The average molecular weight is 471 g/mol. The summed E-state index contributed by atoms with van der Waals surface area (Å²) in [5.74, 6) is -1.21. The summed E-state index contributed by atoms with van der Waals surface area (Å²) in [5.41, 5.74) is 0.0883. The molecule has 34 heavy (non-hydrogen) atoms. The third kappa shape index (κ3) is 3.73. The van der Waals surface area contributed by atoms with Crippen LogP contribution in [-0.2, 0) is 9.47 Å². The molecule has 2 bridgehead atoms. The lowest BCUT2D eigenvalue weighted by Gasteiger charge is -2.46. The fourth-order valence-electron chi connectivity index (χ4n) is 4.67. The van der Waals surface area contributed by atoms with E-state index in [1.807, 2.05) is 6.92 Å². The maximum atomic E-state index is 14.3. The summed E-state index contributed by atoms with van der Waals surface area (Å²) < 4.78 is 46.7. The minimum Gasteiger partial charge on any atom is -0.473 e. The van der Waals surface area contributed by atoms with Gasteiger partial charge in [-0.05, 0) is 31.9 Å². The van der Waals surface area contributed by atoms with E-state index in [1.165, 1.54) is 23.3 Å². The van der Waals surface area contributed by atoms with Crippen LogP contribution in [0.5, 0.6) is 5.88 Å². The highest BCUT2D eigenvalue weighted by Gasteiger charge is 2.47. The van der Waals surface area contributed by atoms with Crippen LogP contribution < -0.4 is 4.74 Å². The molecular formula is C23H23F2N5O4. The number of fused-ring (bicyclic) bond motifs is 3. The van der Waals surface area contributed by atoms with Gasteiger partial charge in [0.15, 0.2) is 11.5 Å². The highest BCUT2D eigenvalue weighted by Crippen LogP contribution is 2.40. The molecule has 11 heteroatoms. The lowest BCUT2D eigenvalue weighted by atomic mass is 9.84. The molecule has 0 N–H and O–H groups in total. The quantitative estimate of drug-likeness (QED) is 0.577. The summed E-state index contributed by atoms with van der Waals surface area (Å²) >= 11 is 0. The van der Waals surface area contributed by atoms with E-state index in [4.69, 9.17) is 14.2 Å². The SMILES string of the molecule is CC1(OC(=O)N2CC3COCC(C2)C3Oc2ncnc3c2cnn3-c2ccc(F)cc2F)CC1. The topological polar surface area (TPSA) is 91.6 Å². The normalized spacial score (nSPS) is 25.3. The standard InChI is InChI=1S/C23H23F2N5O4/c1-23(4-5-23)34-22(31)29-8-13-10-32-11-14(9-29)19(13)33-21-16-7-28-30(20(16)26-12-27-21)18-3-2-15(24)6-17(18)25/h2-3,6-7,12-14,19H,4-5,8-11H2,1H3. The van der Waals surface area contributed by atoms with Crippen LogP contribution in [0.15, 0.2) is 30.7 Å². The number of rotatable bonds is 4. The van der Waals surface area contributed by atoms with Gasteiger partial charge in [-0.2, -0.15) is 5.10 Å². The van der Waals surface area contributed by atoms with E-state index >= 15 is 0 Å². The maximum absolute atomic E-state index is 14.3. The molecule has 2 unspecified atom stereocenters. The zero-order chi connectivity index (χ0) is 23.4. The molecule has 4 heterocycles. The van der Waals surface area contributed by atoms with Crippen LogP contribution in [0, 0.1) is 23.5 Å². The number of hydrogen-bond acceptors (Lipinski definition) is 7. The predicted molar refractivity (Wildman–Crippen MR) is 114 cm³/mol. The number of nitrogens with zero attached hydrogens (tertiary/aromatic N) is 5. The van der Waals surface area contributed by atoms with Crippen molar-refractivity contribution in [2.75, 3.05) is 26.3 Å². The van der Waals surface area contributed by atoms with E-state index in [2.05, 4.69) is 15.1 Å². The van der Waals surface area contributed by atoms with Crippen LogP contribution in [0.1, 0.15) is 19.8 Å². The molecule has 2 aromatic heterocycles. The van der Waals surface area contributed by atoms with E-state index in [0.717, 1.165) is 25.0 Å². The molecule has 1 saturated carbocycles. The zero-order valence-electron chi connectivity index (χ0n) is 18.5. The maximum Gasteiger partial charge on any atom is 0.410 e. The molecule has 1 aromatic carbocycles. The Kier molecular flexibility index (Phi) is 4.91. The van der Waals surface area contributed by atoms with Gasteiger partial charge < -0.3 is 19.1 Å². The number of piperidine rings is 1. The van der Waals surface area contributed by atoms with E-state index in [9.17, 15) is 13.6 Å². The molecule has 0 radical (unpaired) electrons. The van der Waals surface area contributed by atoms with Crippen LogP contribution in [0.2, 0.25) is 0 Å². The first-order valence-corrected chi connectivity index (χ1v) is 11.3. The number of carbonyl (C=O) groups is 1. The molecule has 3 aromatic rings. The Morgan fingerprint density at radius 2 is 1.94 bits per heavy atom. The van der Waals surface area contributed by atoms with Crippen LogP contribution >= 0.6 is 0 Å². The number of likely N-dealkylation sites (tertiary alicyclic amines) is 1. The van der Waals surface area contributed by atoms with E-state index in [-0.39, 0.29) is 35.3 Å². The van der Waals surface area contributed by atoms with Gasteiger partial charge in [-0.3, -0.25) is 0 Å². The first kappa shape index (κ1) is 21.2. The van der Waals surface area contributed by atoms with Gasteiger partial charge in [0.25, 0.3) is 0 Å². The second-order valence-corrected chi connectivity index (χ2v) is 9.43. The van der Waals surface area contributed by atoms with Crippen molar-refractivity contribution in [1.29, 1.82) is 0 Å². The van der Waals surface area contributed by atoms with E-state index in [1.54, 1.807) is 4.90 Å². The number of aromatic nitrogens is 4. The molecular weight excluding hydrogens is 448 g/mol. The van der Waals surface area contributed by atoms with Gasteiger partial charge in [0.2, 0.25) is 5.88 Å². The summed E-state index contributed by atoms with van der Waals surface area (Å²) in [5, 5.41) is 4.74. The van der Waals surface area contributed by atoms with Crippen molar-refractivity contribution in [1.82, 2.24) is 24.6 Å². The van der Waals surface area contributed by atoms with Crippen molar-refractivity contribution >= 4 is 17.1 Å². The van der Waals surface area contributed by atoms with Crippen molar-refractivity contribution in [3.8, 4) is 11.6 Å². The lowest BCUT2D eigenvalue weighted by Crippen LogP contribution is -2.59. The Balaban J connectivity index is 1.25. The number of amides is 1. The summed E-state index contributed by atoms with van der Waals surface area (Å²) in [6.07, 6.45) is 4.11. The molecule has 1 aliphatic carbocycles. The smallest absolute Gasteiger partial charge is 0.410 e. The average Bonchev–Trinajstić information content (AvgIpc) is 3.35. The fraction of sp³-hybridized carbons (Fsp3) is 0.478. The van der Waals surface area contributed by atoms with Crippen molar-refractivity contribution in [2.24, 2.45) is 11.8 Å². The molecule has 3 fully saturated rings. The molecule has 2 atom stereocenters. The second-order valence-electron chi connectivity index (χ2n) is 9.43. The number of benzene rings is 1. The summed E-state index contributed by atoms with van der Waals surface area (Å²) in [4.78, 5) is 22.9. The van der Waals surface area contributed by atoms with Gasteiger partial charge in [0, 0.05) is 31.0 Å². The van der Waals surface area contributed by atoms with Gasteiger partial charge in [-0.25, -0.2) is 28.2 Å². The summed E-state index contributed by atoms with van der Waals surface area (Å²) in [7, 11) is 0. The number of hydrogen-bond donors (Lipinski definition) is 0. The minimum atomic E-state index is -0.753. The largest absolute Gasteiger partial charge is 0.473 e. The number of halogens is 2. The van der Waals surface area contributed by atoms with Crippen molar-refractivity contribution in [2.45, 2.75) is 31.5 Å². The third-order valence-corrected chi connectivity index (χ3v) is 6.76. The molecule has 6 rings (SSSR count). The van der Waals surface area contributed by atoms with Gasteiger partial charge in [-0.15, -0.1) is 0 Å². The molecule has 178 valence electrons. The molecule has 0 spiro atoms. The van der Waals surface area contributed by atoms with Gasteiger partial charge >= 0.3 is 6.09 Å². The van der Waals surface area contributed by atoms with Crippen LogP contribution in [-0.4, -0.2) is 68.7 Å². The Labute approximate surface area is 193 Å². The van der Waals surface area contributed by atoms with Gasteiger partial charge in [0.1, 0.15) is 34.9 Å². The molecule has 2 saturated heterocycles. The Bertz CT molecular complexity index is 1250. The number of ether oxygens (including phenoxy) is 3. The van der Waals surface area contributed by atoms with E-state index in [0.29, 0.717) is 43.2 Å². The van der Waals surface area contributed by atoms with Gasteiger partial charge in [0.05, 0.1) is 19.4 Å². The minimum absolute atomic E-state index is 0.0540. The molecule has 9 nitrogen and oxygen atoms in total. The first-order valence-electron chi connectivity index (χ1n) is 11.3. The molecule has 1 amide bonds. The van der Waals surface area contributed by atoms with Crippen LogP contribution in [0.3, 0.4) is 0 Å². The molecule has 3 aliphatic rings. The monoisotopic (exact) mass is 471 g/mol.